The molecule has 72 valence electrons. The summed E-state index contributed by atoms with van der Waals surface area (Å²) in [7, 11) is 0. The molecule has 1 nitrogen and oxygen atoms in total. The van der Waals surface area contributed by atoms with E-state index >= 15 is 0 Å². The fraction of sp³-hybridized carbons (Fsp3) is 0.600. The Bertz CT molecular complexity index is 239. The maximum atomic E-state index is 10.0. The Morgan fingerprint density at radius 3 is 3.08 bits per heavy atom. The standard InChI is InChI=1S/C10H14OS2/c11-10(9-4-2-6-13-9)8-3-1-5-12-7-8/h2,4,6,8,10-11H,1,3,5,7H2. The number of hydrogen-bond donors (Lipinski definition) is 1. The SMILES string of the molecule is OC(c1cccs1)C1CCCSC1. The van der Waals surface area contributed by atoms with Gasteiger partial charge in [0.05, 0.1) is 6.10 Å². The fourth-order valence-electron chi connectivity index (χ4n) is 1.71. The quantitative estimate of drug-likeness (QED) is 0.817. The Hall–Kier alpha value is 0.01000. The molecule has 0 aromatic carbocycles. The zero-order chi connectivity index (χ0) is 9.10. The van der Waals surface area contributed by atoms with Crippen molar-refractivity contribution in [2.45, 2.75) is 18.9 Å². The topological polar surface area (TPSA) is 20.2 Å². The van der Waals surface area contributed by atoms with E-state index in [-0.39, 0.29) is 6.10 Å². The number of thiophene rings is 1. The second kappa shape index (κ2) is 4.49. The molecular weight excluding hydrogens is 200 g/mol. The maximum absolute atomic E-state index is 10.0. The molecule has 1 aromatic rings. The van der Waals surface area contributed by atoms with Crippen molar-refractivity contribution in [2.24, 2.45) is 5.92 Å². The Morgan fingerprint density at radius 1 is 1.54 bits per heavy atom. The summed E-state index contributed by atoms with van der Waals surface area (Å²) in [6, 6.07) is 4.05. The van der Waals surface area contributed by atoms with Crippen molar-refractivity contribution in [3.8, 4) is 0 Å². The van der Waals surface area contributed by atoms with Crippen LogP contribution in [0.2, 0.25) is 0 Å². The number of aliphatic hydroxyl groups is 1. The lowest BCUT2D eigenvalue weighted by molar-refractivity contribution is 0.117. The zero-order valence-corrected chi connectivity index (χ0v) is 9.11. The third-order valence-electron chi connectivity index (χ3n) is 2.48. The molecule has 2 unspecified atom stereocenters. The van der Waals surface area contributed by atoms with Crippen molar-refractivity contribution >= 4 is 23.1 Å². The van der Waals surface area contributed by atoms with Crippen LogP contribution in [0.3, 0.4) is 0 Å². The van der Waals surface area contributed by atoms with Crippen LogP contribution < -0.4 is 0 Å². The van der Waals surface area contributed by atoms with E-state index in [1.165, 1.54) is 18.6 Å². The summed E-state index contributed by atoms with van der Waals surface area (Å²) in [6.07, 6.45) is 2.23. The average Bonchev–Trinajstić information content (AvgIpc) is 2.71. The Balaban J connectivity index is 1.99. The molecule has 0 saturated carbocycles. The molecule has 2 heterocycles. The normalized spacial score (nSPS) is 25.8. The minimum Gasteiger partial charge on any atom is -0.387 e. The highest BCUT2D eigenvalue weighted by Crippen LogP contribution is 2.34. The van der Waals surface area contributed by atoms with Crippen LogP contribution >= 0.6 is 23.1 Å². The highest BCUT2D eigenvalue weighted by Gasteiger charge is 2.23. The lowest BCUT2D eigenvalue weighted by Gasteiger charge is -2.25. The van der Waals surface area contributed by atoms with Gasteiger partial charge in [-0.2, -0.15) is 11.8 Å². The van der Waals surface area contributed by atoms with Crippen molar-refractivity contribution in [1.82, 2.24) is 0 Å². The molecule has 2 atom stereocenters. The van der Waals surface area contributed by atoms with Gasteiger partial charge in [-0.25, -0.2) is 0 Å². The first-order valence-electron chi connectivity index (χ1n) is 4.67. The van der Waals surface area contributed by atoms with E-state index in [1.54, 1.807) is 11.3 Å². The molecule has 1 N–H and O–H groups in total. The van der Waals surface area contributed by atoms with Gasteiger partial charge in [-0.05, 0) is 41.7 Å². The molecule has 1 fully saturated rings. The molecule has 0 amide bonds. The third kappa shape index (κ3) is 2.27. The van der Waals surface area contributed by atoms with E-state index in [0.717, 1.165) is 10.6 Å². The van der Waals surface area contributed by atoms with Crippen LogP contribution in [0.15, 0.2) is 17.5 Å². The molecule has 13 heavy (non-hydrogen) atoms. The van der Waals surface area contributed by atoms with Gasteiger partial charge in [0.2, 0.25) is 0 Å². The smallest absolute Gasteiger partial charge is 0.0917 e. The average molecular weight is 214 g/mol. The van der Waals surface area contributed by atoms with E-state index in [1.807, 2.05) is 29.3 Å². The summed E-state index contributed by atoms with van der Waals surface area (Å²) >= 11 is 3.64. The summed E-state index contributed by atoms with van der Waals surface area (Å²) in [6.45, 7) is 0. The van der Waals surface area contributed by atoms with Crippen LogP contribution in [0, 0.1) is 5.92 Å². The van der Waals surface area contributed by atoms with Gasteiger partial charge in [0.1, 0.15) is 0 Å². The first-order chi connectivity index (χ1) is 6.38. The number of thioether (sulfide) groups is 1. The second-order valence-corrected chi connectivity index (χ2v) is 5.57. The lowest BCUT2D eigenvalue weighted by atomic mass is 9.98. The molecule has 0 radical (unpaired) electrons. The summed E-state index contributed by atoms with van der Waals surface area (Å²) < 4.78 is 0. The van der Waals surface area contributed by atoms with Gasteiger partial charge in [-0.1, -0.05) is 6.07 Å². The Morgan fingerprint density at radius 2 is 2.46 bits per heavy atom. The van der Waals surface area contributed by atoms with Crippen molar-refractivity contribution in [2.75, 3.05) is 11.5 Å². The van der Waals surface area contributed by atoms with Crippen LogP contribution in [0.1, 0.15) is 23.8 Å². The summed E-state index contributed by atoms with van der Waals surface area (Å²) in [4.78, 5) is 1.13. The minimum absolute atomic E-state index is 0.215. The monoisotopic (exact) mass is 214 g/mol. The van der Waals surface area contributed by atoms with Gasteiger partial charge in [0.25, 0.3) is 0 Å². The first-order valence-corrected chi connectivity index (χ1v) is 6.70. The summed E-state index contributed by atoms with van der Waals surface area (Å²) in [5.41, 5.74) is 0. The number of rotatable bonds is 2. The molecular formula is C10H14OS2. The van der Waals surface area contributed by atoms with Gasteiger partial charge in [0.15, 0.2) is 0 Å². The zero-order valence-electron chi connectivity index (χ0n) is 7.48. The van der Waals surface area contributed by atoms with Crippen LogP contribution in [0.4, 0.5) is 0 Å². The summed E-state index contributed by atoms with van der Waals surface area (Å²) in [5, 5.41) is 12.1. The fourth-order valence-corrected chi connectivity index (χ4v) is 3.70. The molecule has 1 saturated heterocycles. The predicted octanol–water partition coefficient (Wildman–Crippen LogP) is 2.92. The Labute approximate surface area is 87.2 Å². The van der Waals surface area contributed by atoms with Crippen LogP contribution in [-0.2, 0) is 0 Å². The van der Waals surface area contributed by atoms with Crippen molar-refractivity contribution in [1.29, 1.82) is 0 Å². The molecule has 1 aromatic heterocycles. The van der Waals surface area contributed by atoms with Crippen LogP contribution in [-0.4, -0.2) is 16.6 Å². The first kappa shape index (κ1) is 9.56. The third-order valence-corrected chi connectivity index (χ3v) is 4.66. The largest absolute Gasteiger partial charge is 0.387 e. The van der Waals surface area contributed by atoms with Crippen molar-refractivity contribution in [3.05, 3.63) is 22.4 Å². The van der Waals surface area contributed by atoms with E-state index in [2.05, 4.69) is 0 Å². The van der Waals surface area contributed by atoms with Crippen molar-refractivity contribution in [3.63, 3.8) is 0 Å². The molecule has 0 bridgehead atoms. The Kier molecular flexibility index (Phi) is 3.30. The lowest BCUT2D eigenvalue weighted by Crippen LogP contribution is -2.18. The predicted molar refractivity (Wildman–Crippen MR) is 59.3 cm³/mol. The van der Waals surface area contributed by atoms with Gasteiger partial charge in [0, 0.05) is 4.88 Å². The number of hydrogen-bond acceptors (Lipinski definition) is 3. The number of aliphatic hydroxyl groups excluding tert-OH is 1. The van der Waals surface area contributed by atoms with Crippen molar-refractivity contribution < 1.29 is 5.11 Å². The van der Waals surface area contributed by atoms with E-state index in [4.69, 9.17) is 0 Å². The van der Waals surface area contributed by atoms with E-state index in [0.29, 0.717) is 5.92 Å². The second-order valence-electron chi connectivity index (χ2n) is 3.44. The molecule has 0 aliphatic carbocycles. The molecule has 2 rings (SSSR count). The van der Waals surface area contributed by atoms with E-state index in [9.17, 15) is 5.11 Å². The molecule has 1 aliphatic heterocycles. The molecule has 3 heteroatoms. The maximum Gasteiger partial charge on any atom is 0.0917 e. The summed E-state index contributed by atoms with van der Waals surface area (Å²) in [5.74, 6) is 2.88. The highest BCUT2D eigenvalue weighted by molar-refractivity contribution is 7.99. The molecule has 1 aliphatic rings. The van der Waals surface area contributed by atoms with Gasteiger partial charge in [-0.15, -0.1) is 11.3 Å². The highest BCUT2D eigenvalue weighted by atomic mass is 32.2. The molecule has 0 spiro atoms. The van der Waals surface area contributed by atoms with E-state index < -0.39 is 0 Å². The van der Waals surface area contributed by atoms with Gasteiger partial charge < -0.3 is 5.11 Å². The van der Waals surface area contributed by atoms with Crippen LogP contribution in [0.25, 0.3) is 0 Å². The van der Waals surface area contributed by atoms with Crippen LogP contribution in [0.5, 0.6) is 0 Å². The van der Waals surface area contributed by atoms with Gasteiger partial charge in [-0.3, -0.25) is 0 Å². The minimum atomic E-state index is -0.215. The van der Waals surface area contributed by atoms with Gasteiger partial charge >= 0.3 is 0 Å².